The average molecular weight is 351 g/mol. The highest BCUT2D eigenvalue weighted by Gasteiger charge is 2.07. The number of H-pyrrole nitrogens is 1. The standard InChI is InChI=1S/C12H10IN5/c1-7-15-11(10-6-14-18-12(10)16-7)17-9-4-2-8(13)3-5-9/h2-6H,1H3,(H2,14,15,16,17,18). The zero-order valence-electron chi connectivity index (χ0n) is 9.61. The molecule has 90 valence electrons. The van der Waals surface area contributed by atoms with Gasteiger partial charge in [0.15, 0.2) is 5.65 Å². The van der Waals surface area contributed by atoms with Crippen LogP contribution in [-0.2, 0) is 0 Å². The molecule has 6 heteroatoms. The molecule has 0 spiro atoms. The second-order valence-corrected chi connectivity index (χ2v) is 5.13. The summed E-state index contributed by atoms with van der Waals surface area (Å²) in [6, 6.07) is 8.13. The third kappa shape index (κ3) is 2.15. The van der Waals surface area contributed by atoms with Crippen molar-refractivity contribution in [3.63, 3.8) is 0 Å². The molecule has 0 aliphatic heterocycles. The van der Waals surface area contributed by atoms with Gasteiger partial charge in [0.25, 0.3) is 0 Å². The Labute approximate surface area is 117 Å². The van der Waals surface area contributed by atoms with Crippen LogP contribution in [0.4, 0.5) is 11.5 Å². The van der Waals surface area contributed by atoms with Gasteiger partial charge in [-0.3, -0.25) is 5.10 Å². The number of halogens is 1. The summed E-state index contributed by atoms with van der Waals surface area (Å²) in [6.45, 7) is 1.86. The molecule has 3 rings (SSSR count). The molecule has 0 bridgehead atoms. The van der Waals surface area contributed by atoms with Gasteiger partial charge in [0.1, 0.15) is 11.6 Å². The van der Waals surface area contributed by atoms with E-state index in [1.54, 1.807) is 6.20 Å². The maximum Gasteiger partial charge on any atom is 0.161 e. The molecule has 18 heavy (non-hydrogen) atoms. The summed E-state index contributed by atoms with van der Waals surface area (Å²) in [5, 5.41) is 11.0. The van der Waals surface area contributed by atoms with Gasteiger partial charge >= 0.3 is 0 Å². The van der Waals surface area contributed by atoms with E-state index >= 15 is 0 Å². The first-order valence-corrected chi connectivity index (χ1v) is 6.50. The van der Waals surface area contributed by atoms with Crippen LogP contribution in [-0.4, -0.2) is 20.2 Å². The Balaban J connectivity index is 2.03. The van der Waals surface area contributed by atoms with E-state index in [-0.39, 0.29) is 0 Å². The second kappa shape index (κ2) is 4.52. The Kier molecular flexibility index (Phi) is 2.86. The average Bonchev–Trinajstić information content (AvgIpc) is 2.80. The van der Waals surface area contributed by atoms with Crippen molar-refractivity contribution in [2.45, 2.75) is 6.92 Å². The first-order chi connectivity index (χ1) is 8.72. The van der Waals surface area contributed by atoms with Crippen molar-refractivity contribution in [3.8, 4) is 0 Å². The molecule has 0 atom stereocenters. The lowest BCUT2D eigenvalue weighted by molar-refractivity contribution is 1.05. The maximum absolute atomic E-state index is 4.41. The normalized spacial score (nSPS) is 10.8. The monoisotopic (exact) mass is 351 g/mol. The Hall–Kier alpha value is -1.70. The van der Waals surface area contributed by atoms with Gasteiger partial charge in [-0.2, -0.15) is 5.10 Å². The number of benzene rings is 1. The quantitative estimate of drug-likeness (QED) is 0.697. The predicted molar refractivity (Wildman–Crippen MR) is 78.9 cm³/mol. The maximum atomic E-state index is 4.41. The number of fused-ring (bicyclic) bond motifs is 1. The van der Waals surface area contributed by atoms with Gasteiger partial charge in [0.2, 0.25) is 0 Å². The molecule has 0 radical (unpaired) electrons. The van der Waals surface area contributed by atoms with Crippen molar-refractivity contribution in [1.29, 1.82) is 0 Å². The molecule has 3 aromatic rings. The number of aromatic amines is 1. The van der Waals surface area contributed by atoms with Gasteiger partial charge in [-0.15, -0.1) is 0 Å². The van der Waals surface area contributed by atoms with E-state index in [1.165, 1.54) is 3.57 Å². The third-order valence-corrected chi connectivity index (χ3v) is 3.25. The summed E-state index contributed by atoms with van der Waals surface area (Å²) in [4.78, 5) is 8.69. The van der Waals surface area contributed by atoms with Crippen molar-refractivity contribution >= 4 is 45.1 Å². The van der Waals surface area contributed by atoms with Gasteiger partial charge in [-0.1, -0.05) is 0 Å². The van der Waals surface area contributed by atoms with E-state index in [2.05, 4.69) is 48.1 Å². The molecule has 2 aromatic heterocycles. The topological polar surface area (TPSA) is 66.5 Å². The fraction of sp³-hybridized carbons (Fsp3) is 0.0833. The van der Waals surface area contributed by atoms with Gasteiger partial charge in [0, 0.05) is 9.26 Å². The van der Waals surface area contributed by atoms with E-state index in [4.69, 9.17) is 0 Å². The molecule has 0 unspecified atom stereocenters. The summed E-state index contributed by atoms with van der Waals surface area (Å²) in [5.74, 6) is 1.48. The first-order valence-electron chi connectivity index (χ1n) is 5.43. The molecule has 0 aliphatic rings. The number of nitrogens with one attached hydrogen (secondary N) is 2. The molecule has 0 aliphatic carbocycles. The van der Waals surface area contributed by atoms with Gasteiger partial charge < -0.3 is 5.32 Å². The summed E-state index contributed by atoms with van der Waals surface area (Å²) in [6.07, 6.45) is 1.73. The Morgan fingerprint density at radius 2 is 1.94 bits per heavy atom. The molecular formula is C12H10IN5. The zero-order chi connectivity index (χ0) is 12.5. The molecule has 2 N–H and O–H groups in total. The minimum absolute atomic E-state index is 0.708. The van der Waals surface area contributed by atoms with Crippen LogP contribution >= 0.6 is 22.6 Å². The summed E-state index contributed by atoms with van der Waals surface area (Å²) in [7, 11) is 0. The Morgan fingerprint density at radius 1 is 1.17 bits per heavy atom. The highest BCUT2D eigenvalue weighted by Crippen LogP contribution is 2.22. The largest absolute Gasteiger partial charge is 0.340 e. The number of hydrogen-bond acceptors (Lipinski definition) is 4. The Morgan fingerprint density at radius 3 is 2.72 bits per heavy atom. The molecule has 5 nitrogen and oxygen atoms in total. The van der Waals surface area contributed by atoms with E-state index in [0.29, 0.717) is 5.82 Å². The highest BCUT2D eigenvalue weighted by molar-refractivity contribution is 14.1. The number of aromatic nitrogens is 4. The van der Waals surface area contributed by atoms with Crippen LogP contribution < -0.4 is 5.32 Å². The molecule has 1 aromatic carbocycles. The van der Waals surface area contributed by atoms with Crippen molar-refractivity contribution in [2.75, 3.05) is 5.32 Å². The molecular weight excluding hydrogens is 341 g/mol. The van der Waals surface area contributed by atoms with Crippen LogP contribution in [0.1, 0.15) is 5.82 Å². The van der Waals surface area contributed by atoms with Crippen LogP contribution in [0.15, 0.2) is 30.5 Å². The zero-order valence-corrected chi connectivity index (χ0v) is 11.8. The van der Waals surface area contributed by atoms with Crippen LogP contribution in [0.5, 0.6) is 0 Å². The van der Waals surface area contributed by atoms with E-state index < -0.39 is 0 Å². The number of anilines is 2. The lowest BCUT2D eigenvalue weighted by Gasteiger charge is -2.07. The van der Waals surface area contributed by atoms with E-state index in [1.807, 2.05) is 31.2 Å². The second-order valence-electron chi connectivity index (χ2n) is 3.88. The fourth-order valence-corrected chi connectivity index (χ4v) is 2.07. The van der Waals surface area contributed by atoms with Crippen LogP contribution in [0, 0.1) is 10.5 Å². The minimum atomic E-state index is 0.708. The summed E-state index contributed by atoms with van der Waals surface area (Å²) < 4.78 is 1.20. The SMILES string of the molecule is Cc1nc(Nc2ccc(I)cc2)c2cn[nH]c2n1. The summed E-state index contributed by atoms with van der Waals surface area (Å²) in [5.41, 5.74) is 1.74. The van der Waals surface area contributed by atoms with Crippen molar-refractivity contribution in [2.24, 2.45) is 0 Å². The third-order valence-electron chi connectivity index (χ3n) is 2.53. The first kappa shape index (κ1) is 11.4. The van der Waals surface area contributed by atoms with E-state index in [9.17, 15) is 0 Å². The van der Waals surface area contributed by atoms with Crippen molar-refractivity contribution in [3.05, 3.63) is 39.9 Å². The highest BCUT2D eigenvalue weighted by atomic mass is 127. The minimum Gasteiger partial charge on any atom is -0.340 e. The number of nitrogens with zero attached hydrogens (tertiary/aromatic N) is 3. The molecule has 0 fully saturated rings. The van der Waals surface area contributed by atoms with Crippen LogP contribution in [0.2, 0.25) is 0 Å². The molecule has 0 saturated carbocycles. The van der Waals surface area contributed by atoms with Crippen molar-refractivity contribution in [1.82, 2.24) is 20.2 Å². The van der Waals surface area contributed by atoms with Gasteiger partial charge in [-0.05, 0) is 53.8 Å². The number of aryl methyl sites for hydroxylation is 1. The fourth-order valence-electron chi connectivity index (χ4n) is 1.71. The lowest BCUT2D eigenvalue weighted by atomic mass is 10.3. The van der Waals surface area contributed by atoms with Gasteiger partial charge in [0.05, 0.1) is 11.6 Å². The molecule has 2 heterocycles. The summed E-state index contributed by atoms with van der Waals surface area (Å²) >= 11 is 2.28. The van der Waals surface area contributed by atoms with Crippen molar-refractivity contribution < 1.29 is 0 Å². The Bertz CT molecular complexity index is 689. The lowest BCUT2D eigenvalue weighted by Crippen LogP contribution is -1.98. The number of hydrogen-bond donors (Lipinski definition) is 2. The molecule has 0 saturated heterocycles. The predicted octanol–water partition coefficient (Wildman–Crippen LogP) is 3.01. The number of rotatable bonds is 2. The smallest absolute Gasteiger partial charge is 0.161 e. The van der Waals surface area contributed by atoms with E-state index in [0.717, 1.165) is 22.5 Å². The van der Waals surface area contributed by atoms with Gasteiger partial charge in [-0.25, -0.2) is 9.97 Å². The van der Waals surface area contributed by atoms with Crippen LogP contribution in [0.25, 0.3) is 11.0 Å². The molecule has 0 amide bonds. The van der Waals surface area contributed by atoms with Crippen LogP contribution in [0.3, 0.4) is 0 Å².